The number of Topliss-reactive ketones (excluding diaryl/α,β-unsaturated/α-hetero) is 1. The van der Waals surface area contributed by atoms with Crippen molar-refractivity contribution in [3.05, 3.63) is 64.7 Å². The molecule has 0 aliphatic heterocycles. The first-order valence-corrected chi connectivity index (χ1v) is 7.95. The fourth-order valence-electron chi connectivity index (χ4n) is 2.83. The van der Waals surface area contributed by atoms with Crippen molar-refractivity contribution in [1.29, 1.82) is 0 Å². The SMILES string of the molecule is CCOc1ccc(/C=C2\Cc3ccccc3C2=O)c(OCC)c1. The van der Waals surface area contributed by atoms with Crippen molar-refractivity contribution in [2.75, 3.05) is 13.2 Å². The zero-order valence-corrected chi connectivity index (χ0v) is 13.5. The van der Waals surface area contributed by atoms with E-state index in [4.69, 9.17) is 9.47 Å². The third-order valence-corrected chi connectivity index (χ3v) is 3.86. The smallest absolute Gasteiger partial charge is 0.189 e. The Hall–Kier alpha value is -2.55. The summed E-state index contributed by atoms with van der Waals surface area (Å²) in [7, 11) is 0. The molecule has 0 radical (unpaired) electrons. The number of fused-ring (bicyclic) bond motifs is 1. The molecule has 0 atom stereocenters. The van der Waals surface area contributed by atoms with Crippen molar-refractivity contribution in [3.8, 4) is 11.5 Å². The molecule has 23 heavy (non-hydrogen) atoms. The van der Waals surface area contributed by atoms with Crippen molar-refractivity contribution < 1.29 is 14.3 Å². The number of ketones is 1. The molecule has 0 saturated carbocycles. The van der Waals surface area contributed by atoms with Crippen LogP contribution in [0.25, 0.3) is 6.08 Å². The van der Waals surface area contributed by atoms with E-state index in [1.807, 2.05) is 62.4 Å². The van der Waals surface area contributed by atoms with Crippen LogP contribution in [0.2, 0.25) is 0 Å². The van der Waals surface area contributed by atoms with Gasteiger partial charge in [0.25, 0.3) is 0 Å². The lowest BCUT2D eigenvalue weighted by atomic mass is 10.1. The molecule has 3 nitrogen and oxygen atoms in total. The molecule has 0 heterocycles. The van der Waals surface area contributed by atoms with E-state index in [1.54, 1.807) is 0 Å². The van der Waals surface area contributed by atoms with Gasteiger partial charge in [-0.05, 0) is 37.6 Å². The monoisotopic (exact) mass is 308 g/mol. The molecule has 0 spiro atoms. The van der Waals surface area contributed by atoms with E-state index in [2.05, 4.69) is 0 Å². The van der Waals surface area contributed by atoms with Gasteiger partial charge < -0.3 is 9.47 Å². The maximum absolute atomic E-state index is 12.5. The molecule has 0 fully saturated rings. The number of carbonyl (C=O) groups excluding carboxylic acids is 1. The highest BCUT2D eigenvalue weighted by atomic mass is 16.5. The van der Waals surface area contributed by atoms with Crippen LogP contribution in [-0.2, 0) is 6.42 Å². The highest BCUT2D eigenvalue weighted by Crippen LogP contribution is 2.31. The first kappa shape index (κ1) is 15.3. The zero-order valence-electron chi connectivity index (χ0n) is 13.5. The van der Waals surface area contributed by atoms with E-state index in [0.717, 1.165) is 33.8 Å². The third-order valence-electron chi connectivity index (χ3n) is 3.86. The van der Waals surface area contributed by atoms with Crippen molar-refractivity contribution in [3.63, 3.8) is 0 Å². The van der Waals surface area contributed by atoms with E-state index in [-0.39, 0.29) is 5.78 Å². The number of rotatable bonds is 5. The van der Waals surface area contributed by atoms with Gasteiger partial charge in [-0.25, -0.2) is 0 Å². The predicted molar refractivity (Wildman–Crippen MR) is 91.2 cm³/mol. The Morgan fingerprint density at radius 3 is 2.57 bits per heavy atom. The quantitative estimate of drug-likeness (QED) is 0.772. The normalized spacial score (nSPS) is 14.9. The van der Waals surface area contributed by atoms with Gasteiger partial charge in [-0.3, -0.25) is 4.79 Å². The zero-order chi connectivity index (χ0) is 16.2. The highest BCUT2D eigenvalue weighted by Gasteiger charge is 2.24. The van der Waals surface area contributed by atoms with Crippen LogP contribution < -0.4 is 9.47 Å². The van der Waals surface area contributed by atoms with Gasteiger partial charge in [0.05, 0.1) is 13.2 Å². The van der Waals surface area contributed by atoms with Crippen LogP contribution in [0, 0.1) is 0 Å². The number of carbonyl (C=O) groups is 1. The first-order chi connectivity index (χ1) is 11.2. The van der Waals surface area contributed by atoms with E-state index in [9.17, 15) is 4.79 Å². The van der Waals surface area contributed by atoms with Gasteiger partial charge in [-0.1, -0.05) is 24.3 Å². The van der Waals surface area contributed by atoms with E-state index in [1.165, 1.54) is 0 Å². The molecule has 0 unspecified atom stereocenters. The Labute approximate surface area is 136 Å². The van der Waals surface area contributed by atoms with Gasteiger partial charge in [0.15, 0.2) is 5.78 Å². The molecule has 0 amide bonds. The summed E-state index contributed by atoms with van der Waals surface area (Å²) in [6, 6.07) is 13.5. The largest absolute Gasteiger partial charge is 0.494 e. The summed E-state index contributed by atoms with van der Waals surface area (Å²) in [5, 5.41) is 0. The Morgan fingerprint density at radius 1 is 1.04 bits per heavy atom. The topological polar surface area (TPSA) is 35.5 Å². The summed E-state index contributed by atoms with van der Waals surface area (Å²) in [5.74, 6) is 1.63. The van der Waals surface area contributed by atoms with Crippen LogP contribution in [0.4, 0.5) is 0 Å². The Balaban J connectivity index is 1.95. The number of benzene rings is 2. The summed E-state index contributed by atoms with van der Waals surface area (Å²) in [5.41, 5.74) is 3.61. The van der Waals surface area contributed by atoms with E-state index < -0.39 is 0 Å². The van der Waals surface area contributed by atoms with Gasteiger partial charge in [0, 0.05) is 29.2 Å². The molecule has 3 heteroatoms. The summed E-state index contributed by atoms with van der Waals surface area (Å²) in [6.45, 7) is 5.07. The van der Waals surface area contributed by atoms with Crippen LogP contribution in [0.5, 0.6) is 11.5 Å². The predicted octanol–water partition coefficient (Wildman–Crippen LogP) is 4.31. The minimum absolute atomic E-state index is 0.108. The fourth-order valence-corrected chi connectivity index (χ4v) is 2.83. The average Bonchev–Trinajstić information content (AvgIpc) is 2.87. The molecular formula is C20H20O3. The van der Waals surface area contributed by atoms with Gasteiger partial charge in [0.1, 0.15) is 11.5 Å². The second kappa shape index (κ2) is 6.69. The molecule has 0 bridgehead atoms. The van der Waals surface area contributed by atoms with Gasteiger partial charge in [-0.15, -0.1) is 0 Å². The van der Waals surface area contributed by atoms with Gasteiger partial charge in [-0.2, -0.15) is 0 Å². The maximum atomic E-state index is 12.5. The number of hydrogen-bond acceptors (Lipinski definition) is 3. The second-order valence-electron chi connectivity index (χ2n) is 5.40. The van der Waals surface area contributed by atoms with Crippen molar-refractivity contribution >= 4 is 11.9 Å². The number of ether oxygens (including phenoxy) is 2. The van der Waals surface area contributed by atoms with Crippen molar-refractivity contribution in [2.45, 2.75) is 20.3 Å². The molecule has 1 aliphatic rings. The summed E-state index contributed by atoms with van der Waals surface area (Å²) in [4.78, 5) is 12.5. The molecule has 0 saturated heterocycles. The Bertz CT molecular complexity index is 759. The summed E-state index contributed by atoms with van der Waals surface area (Å²) >= 11 is 0. The Morgan fingerprint density at radius 2 is 1.83 bits per heavy atom. The van der Waals surface area contributed by atoms with Crippen LogP contribution in [0.15, 0.2) is 48.0 Å². The lowest BCUT2D eigenvalue weighted by Gasteiger charge is -2.11. The lowest BCUT2D eigenvalue weighted by molar-refractivity contribution is 0.104. The summed E-state index contributed by atoms with van der Waals surface area (Å²) in [6.07, 6.45) is 2.61. The van der Waals surface area contributed by atoms with Crippen molar-refractivity contribution in [1.82, 2.24) is 0 Å². The van der Waals surface area contributed by atoms with E-state index >= 15 is 0 Å². The number of allylic oxidation sites excluding steroid dienone is 1. The lowest BCUT2D eigenvalue weighted by Crippen LogP contribution is -1.99. The van der Waals surface area contributed by atoms with Crippen LogP contribution in [0.1, 0.15) is 35.3 Å². The molecule has 118 valence electrons. The fraction of sp³-hybridized carbons (Fsp3) is 0.250. The van der Waals surface area contributed by atoms with Crippen molar-refractivity contribution in [2.24, 2.45) is 0 Å². The maximum Gasteiger partial charge on any atom is 0.189 e. The molecule has 3 rings (SSSR count). The van der Waals surface area contributed by atoms with Gasteiger partial charge in [0.2, 0.25) is 0 Å². The summed E-state index contributed by atoms with van der Waals surface area (Å²) < 4.78 is 11.2. The minimum Gasteiger partial charge on any atom is -0.494 e. The average molecular weight is 308 g/mol. The van der Waals surface area contributed by atoms with Crippen LogP contribution in [0.3, 0.4) is 0 Å². The third kappa shape index (κ3) is 3.14. The standard InChI is InChI=1S/C20H20O3/c1-3-22-17-10-9-15(19(13-17)23-4-2)12-16-11-14-7-5-6-8-18(14)20(16)21/h5-10,12-13H,3-4,11H2,1-2H3/b16-12+. The highest BCUT2D eigenvalue weighted by molar-refractivity contribution is 6.15. The molecule has 2 aromatic carbocycles. The Kier molecular flexibility index (Phi) is 4.47. The first-order valence-electron chi connectivity index (χ1n) is 7.95. The second-order valence-corrected chi connectivity index (χ2v) is 5.40. The van der Waals surface area contributed by atoms with E-state index in [0.29, 0.717) is 19.6 Å². The molecule has 1 aliphatic carbocycles. The van der Waals surface area contributed by atoms with Crippen LogP contribution >= 0.6 is 0 Å². The number of hydrogen-bond donors (Lipinski definition) is 0. The van der Waals surface area contributed by atoms with Crippen LogP contribution in [-0.4, -0.2) is 19.0 Å². The minimum atomic E-state index is 0.108. The molecule has 2 aromatic rings. The molecule has 0 N–H and O–H groups in total. The van der Waals surface area contributed by atoms with Gasteiger partial charge >= 0.3 is 0 Å². The molecule has 0 aromatic heterocycles. The molecular weight excluding hydrogens is 288 g/mol.